The van der Waals surface area contributed by atoms with Gasteiger partial charge in [-0.25, -0.2) is 0 Å². The van der Waals surface area contributed by atoms with Crippen molar-refractivity contribution in [3.8, 4) is 0 Å². The lowest BCUT2D eigenvalue weighted by Crippen LogP contribution is -2.32. The minimum Gasteiger partial charge on any atom is -0.465 e. The van der Waals surface area contributed by atoms with E-state index in [0.717, 1.165) is 0 Å². The standard InChI is InChI=1S/C15H19NO6/c1-5-21-13(17)12(14(18)22-15(2,3)4)10-8-6-7-9-11(10)16(19)20/h6-9,12H,5H2,1-4H3. The Kier molecular flexibility index (Phi) is 5.62. The molecule has 7 heteroatoms. The molecule has 1 aromatic rings. The topological polar surface area (TPSA) is 95.7 Å². The molecule has 0 fully saturated rings. The molecule has 22 heavy (non-hydrogen) atoms. The molecule has 0 bridgehead atoms. The van der Waals surface area contributed by atoms with Crippen molar-refractivity contribution in [1.82, 2.24) is 0 Å². The van der Waals surface area contributed by atoms with Crippen molar-refractivity contribution in [2.24, 2.45) is 0 Å². The Morgan fingerprint density at radius 1 is 1.23 bits per heavy atom. The Morgan fingerprint density at radius 2 is 1.82 bits per heavy atom. The number of benzene rings is 1. The molecule has 0 N–H and O–H groups in total. The molecule has 1 unspecified atom stereocenters. The SMILES string of the molecule is CCOC(=O)C(C(=O)OC(C)(C)C)c1ccccc1[N+](=O)[O-]. The van der Waals surface area contributed by atoms with E-state index in [2.05, 4.69) is 0 Å². The highest BCUT2D eigenvalue weighted by molar-refractivity contribution is 6.01. The summed E-state index contributed by atoms with van der Waals surface area (Å²) in [6.07, 6.45) is 0. The van der Waals surface area contributed by atoms with E-state index in [1.807, 2.05) is 0 Å². The van der Waals surface area contributed by atoms with Gasteiger partial charge in [-0.05, 0) is 27.7 Å². The van der Waals surface area contributed by atoms with Gasteiger partial charge in [0, 0.05) is 6.07 Å². The third-order valence-electron chi connectivity index (χ3n) is 2.61. The van der Waals surface area contributed by atoms with Crippen LogP contribution < -0.4 is 0 Å². The Balaban J connectivity index is 3.30. The number of carbonyl (C=O) groups excluding carboxylic acids is 2. The van der Waals surface area contributed by atoms with Crippen molar-refractivity contribution in [3.05, 3.63) is 39.9 Å². The van der Waals surface area contributed by atoms with E-state index in [9.17, 15) is 19.7 Å². The van der Waals surface area contributed by atoms with Crippen LogP contribution in [0.25, 0.3) is 0 Å². The number of nitro groups is 1. The second kappa shape index (κ2) is 7.02. The van der Waals surface area contributed by atoms with Crippen LogP contribution >= 0.6 is 0 Å². The van der Waals surface area contributed by atoms with Gasteiger partial charge in [-0.1, -0.05) is 18.2 Å². The maximum atomic E-state index is 12.3. The Hall–Kier alpha value is -2.44. The molecule has 0 saturated heterocycles. The average molecular weight is 309 g/mol. The summed E-state index contributed by atoms with van der Waals surface area (Å²) in [4.78, 5) is 34.9. The van der Waals surface area contributed by atoms with Gasteiger partial charge in [-0.2, -0.15) is 0 Å². The van der Waals surface area contributed by atoms with E-state index >= 15 is 0 Å². The van der Waals surface area contributed by atoms with Gasteiger partial charge in [-0.3, -0.25) is 19.7 Å². The van der Waals surface area contributed by atoms with Crippen LogP contribution in [0.15, 0.2) is 24.3 Å². The van der Waals surface area contributed by atoms with E-state index in [4.69, 9.17) is 9.47 Å². The summed E-state index contributed by atoms with van der Waals surface area (Å²) in [5.74, 6) is -3.23. The number of carbonyl (C=O) groups is 2. The number of nitrogens with zero attached hydrogens (tertiary/aromatic N) is 1. The van der Waals surface area contributed by atoms with Gasteiger partial charge in [0.25, 0.3) is 5.69 Å². The van der Waals surface area contributed by atoms with Crippen LogP contribution in [0.5, 0.6) is 0 Å². The Bertz CT molecular complexity index is 576. The highest BCUT2D eigenvalue weighted by atomic mass is 16.6. The summed E-state index contributed by atoms with van der Waals surface area (Å²) in [5, 5.41) is 11.1. The normalized spacial score (nSPS) is 12.4. The van der Waals surface area contributed by atoms with E-state index in [0.29, 0.717) is 0 Å². The van der Waals surface area contributed by atoms with Crippen molar-refractivity contribution in [1.29, 1.82) is 0 Å². The molecule has 1 aromatic carbocycles. The third kappa shape index (κ3) is 4.54. The molecule has 120 valence electrons. The average Bonchev–Trinajstić information content (AvgIpc) is 2.37. The first kappa shape index (κ1) is 17.6. The summed E-state index contributed by atoms with van der Waals surface area (Å²) in [6.45, 7) is 6.58. The Morgan fingerprint density at radius 3 is 2.32 bits per heavy atom. The maximum Gasteiger partial charge on any atom is 0.325 e. The minimum atomic E-state index is -1.49. The molecule has 0 amide bonds. The molecule has 0 radical (unpaired) electrons. The lowest BCUT2D eigenvalue weighted by Gasteiger charge is -2.23. The number of ether oxygens (including phenoxy) is 2. The monoisotopic (exact) mass is 309 g/mol. The smallest absolute Gasteiger partial charge is 0.325 e. The van der Waals surface area contributed by atoms with Crippen LogP contribution in [0.3, 0.4) is 0 Å². The van der Waals surface area contributed by atoms with Crippen molar-refractivity contribution in [2.45, 2.75) is 39.2 Å². The summed E-state index contributed by atoms with van der Waals surface area (Å²) >= 11 is 0. The summed E-state index contributed by atoms with van der Waals surface area (Å²) in [5.41, 5.74) is -1.20. The van der Waals surface area contributed by atoms with Crippen LogP contribution in [0.1, 0.15) is 39.2 Å². The lowest BCUT2D eigenvalue weighted by molar-refractivity contribution is -0.385. The molecule has 1 rings (SSSR count). The second-order valence-electron chi connectivity index (χ2n) is 5.53. The fourth-order valence-corrected chi connectivity index (χ4v) is 1.83. The zero-order chi connectivity index (χ0) is 16.9. The van der Waals surface area contributed by atoms with E-state index in [1.54, 1.807) is 27.7 Å². The maximum absolute atomic E-state index is 12.3. The van der Waals surface area contributed by atoms with Crippen molar-refractivity contribution < 1.29 is 24.0 Å². The number of hydrogen-bond acceptors (Lipinski definition) is 6. The number of esters is 2. The van der Waals surface area contributed by atoms with Gasteiger partial charge in [0.2, 0.25) is 0 Å². The van der Waals surface area contributed by atoms with E-state index in [-0.39, 0.29) is 17.9 Å². The zero-order valence-electron chi connectivity index (χ0n) is 13.0. The quantitative estimate of drug-likeness (QED) is 0.359. The number of nitro benzene ring substituents is 1. The van der Waals surface area contributed by atoms with Crippen LogP contribution in [-0.2, 0) is 19.1 Å². The molecule has 0 aliphatic carbocycles. The second-order valence-corrected chi connectivity index (χ2v) is 5.53. The van der Waals surface area contributed by atoms with Gasteiger partial charge >= 0.3 is 11.9 Å². The molecule has 0 heterocycles. The molecular formula is C15H19NO6. The van der Waals surface area contributed by atoms with Crippen molar-refractivity contribution in [2.75, 3.05) is 6.61 Å². The summed E-state index contributed by atoms with van der Waals surface area (Å²) in [6, 6.07) is 5.55. The first-order valence-electron chi connectivity index (χ1n) is 6.80. The van der Waals surface area contributed by atoms with Gasteiger partial charge in [0.05, 0.1) is 17.1 Å². The number of para-hydroxylation sites is 1. The van der Waals surface area contributed by atoms with E-state index in [1.165, 1.54) is 24.3 Å². The molecular weight excluding hydrogens is 290 g/mol. The Labute approximate surface area is 128 Å². The van der Waals surface area contributed by atoms with Crippen molar-refractivity contribution >= 4 is 17.6 Å². The van der Waals surface area contributed by atoms with Gasteiger partial charge in [-0.15, -0.1) is 0 Å². The summed E-state index contributed by atoms with van der Waals surface area (Å²) < 4.78 is 10.1. The van der Waals surface area contributed by atoms with E-state index < -0.39 is 28.4 Å². The molecule has 0 aliphatic rings. The molecule has 0 spiro atoms. The molecule has 0 aliphatic heterocycles. The largest absolute Gasteiger partial charge is 0.465 e. The minimum absolute atomic E-state index is 0.0415. The fourth-order valence-electron chi connectivity index (χ4n) is 1.83. The van der Waals surface area contributed by atoms with Gasteiger partial charge < -0.3 is 9.47 Å². The van der Waals surface area contributed by atoms with Crippen LogP contribution in [0.4, 0.5) is 5.69 Å². The highest BCUT2D eigenvalue weighted by Gasteiger charge is 2.38. The molecule has 7 nitrogen and oxygen atoms in total. The summed E-state index contributed by atoms with van der Waals surface area (Å²) in [7, 11) is 0. The highest BCUT2D eigenvalue weighted by Crippen LogP contribution is 2.29. The molecule has 1 atom stereocenters. The fraction of sp³-hybridized carbons (Fsp3) is 0.467. The van der Waals surface area contributed by atoms with Gasteiger partial charge in [0.15, 0.2) is 5.92 Å². The number of rotatable bonds is 5. The third-order valence-corrected chi connectivity index (χ3v) is 2.61. The number of hydrogen-bond donors (Lipinski definition) is 0. The molecule has 0 saturated carbocycles. The first-order chi connectivity index (χ1) is 10.2. The first-order valence-corrected chi connectivity index (χ1v) is 6.80. The van der Waals surface area contributed by atoms with Crippen LogP contribution in [0, 0.1) is 10.1 Å². The van der Waals surface area contributed by atoms with Crippen LogP contribution in [0.2, 0.25) is 0 Å². The predicted molar refractivity (Wildman–Crippen MR) is 78.3 cm³/mol. The predicted octanol–water partition coefficient (Wildman–Crippen LogP) is 2.58. The zero-order valence-corrected chi connectivity index (χ0v) is 13.0. The molecule has 0 aromatic heterocycles. The lowest BCUT2D eigenvalue weighted by atomic mass is 9.97. The van der Waals surface area contributed by atoms with Gasteiger partial charge in [0.1, 0.15) is 5.60 Å². The van der Waals surface area contributed by atoms with Crippen molar-refractivity contribution in [3.63, 3.8) is 0 Å². The van der Waals surface area contributed by atoms with Crippen LogP contribution in [-0.4, -0.2) is 29.1 Å².